The van der Waals surface area contributed by atoms with Gasteiger partial charge >= 0.3 is 0 Å². The molecule has 0 aromatic heterocycles. The number of hydrogen-bond acceptors (Lipinski definition) is 0. The van der Waals surface area contributed by atoms with Crippen molar-refractivity contribution >= 4 is 23.3 Å². The lowest BCUT2D eigenvalue weighted by Gasteiger charge is -2.18. The van der Waals surface area contributed by atoms with Crippen molar-refractivity contribution < 1.29 is 8.78 Å². The van der Waals surface area contributed by atoms with Gasteiger partial charge in [-0.1, -0.05) is 86.7 Å². The lowest BCUT2D eigenvalue weighted by molar-refractivity contribution is 0.625. The van der Waals surface area contributed by atoms with Crippen LogP contribution in [0, 0.1) is 24.5 Å². The van der Waals surface area contributed by atoms with Crippen LogP contribution in [0.4, 0.5) is 8.78 Å². The van der Waals surface area contributed by atoms with Crippen LogP contribution in [0.25, 0.3) is 23.3 Å². The molecule has 0 unspecified atom stereocenters. The predicted octanol–water partition coefficient (Wildman–Crippen LogP) is 8.98. The fourth-order valence-electron chi connectivity index (χ4n) is 3.86. The topological polar surface area (TPSA) is 0 Å². The predicted molar refractivity (Wildman–Crippen MR) is 134 cm³/mol. The summed E-state index contributed by atoms with van der Waals surface area (Å²) in [5.41, 5.74) is 6.76. The molecule has 3 aromatic carbocycles. The first-order chi connectivity index (χ1) is 15.4. The average Bonchev–Trinajstić information content (AvgIpc) is 2.75. The van der Waals surface area contributed by atoms with Crippen molar-refractivity contribution in [2.24, 2.45) is 5.92 Å². The van der Waals surface area contributed by atoms with Crippen molar-refractivity contribution in [3.8, 4) is 0 Å². The Bertz CT molecular complexity index is 1150. The van der Waals surface area contributed by atoms with Crippen LogP contribution < -0.4 is 0 Å². The van der Waals surface area contributed by atoms with Gasteiger partial charge in [-0.3, -0.25) is 0 Å². The van der Waals surface area contributed by atoms with Crippen molar-refractivity contribution in [3.05, 3.63) is 118 Å². The first-order valence-corrected chi connectivity index (χ1v) is 11.0. The summed E-state index contributed by atoms with van der Waals surface area (Å²) in [7, 11) is 0. The van der Waals surface area contributed by atoms with E-state index in [1.165, 1.54) is 12.1 Å². The van der Waals surface area contributed by atoms with Gasteiger partial charge in [0.1, 0.15) is 11.6 Å². The molecule has 3 aromatic rings. The van der Waals surface area contributed by atoms with E-state index in [0.717, 1.165) is 39.8 Å². The molecule has 0 N–H and O–H groups in total. The zero-order valence-corrected chi connectivity index (χ0v) is 19.2. The fraction of sp³-hybridized carbons (Fsp3) is 0.200. The fourth-order valence-corrected chi connectivity index (χ4v) is 3.86. The summed E-state index contributed by atoms with van der Waals surface area (Å²) in [6, 6.07) is 20.0. The maximum absolute atomic E-state index is 14.3. The van der Waals surface area contributed by atoms with E-state index in [1.54, 1.807) is 18.2 Å². The maximum Gasteiger partial charge on any atom is 0.130 e. The molecule has 0 amide bonds. The highest BCUT2D eigenvalue weighted by Crippen LogP contribution is 2.35. The molecule has 0 saturated carbocycles. The molecule has 0 aliphatic carbocycles. The second-order valence-electron chi connectivity index (χ2n) is 8.43. The maximum atomic E-state index is 14.3. The van der Waals surface area contributed by atoms with Crippen LogP contribution in [-0.4, -0.2) is 0 Å². The van der Waals surface area contributed by atoms with Crippen LogP contribution >= 0.6 is 0 Å². The third-order valence-electron chi connectivity index (χ3n) is 5.37. The summed E-state index contributed by atoms with van der Waals surface area (Å²) in [5.74, 6) is -0.0992. The minimum Gasteiger partial charge on any atom is -0.207 e. The molecule has 3 rings (SSSR count). The summed E-state index contributed by atoms with van der Waals surface area (Å²) < 4.78 is 28.2. The second-order valence-corrected chi connectivity index (χ2v) is 8.43. The van der Waals surface area contributed by atoms with Crippen LogP contribution in [0.15, 0.2) is 78.9 Å². The van der Waals surface area contributed by atoms with E-state index in [0.29, 0.717) is 11.5 Å². The Morgan fingerprint density at radius 3 is 2.25 bits per heavy atom. The van der Waals surface area contributed by atoms with Gasteiger partial charge in [-0.15, -0.1) is 0 Å². The molecular weight excluding hydrogens is 398 g/mol. The van der Waals surface area contributed by atoms with Crippen molar-refractivity contribution in [2.45, 2.75) is 34.1 Å². The SMILES string of the molecule is C/C=C/c1ccc(C(/C=C/c2ccccc2F)=C(/CC(C)C)c2ccc(F)cc2C)cc1. The van der Waals surface area contributed by atoms with E-state index in [-0.39, 0.29) is 11.6 Å². The van der Waals surface area contributed by atoms with Gasteiger partial charge in [0.05, 0.1) is 0 Å². The molecule has 0 atom stereocenters. The van der Waals surface area contributed by atoms with E-state index in [9.17, 15) is 8.78 Å². The normalized spacial score (nSPS) is 12.7. The zero-order valence-electron chi connectivity index (χ0n) is 19.2. The van der Waals surface area contributed by atoms with Crippen LogP contribution in [0.2, 0.25) is 0 Å². The highest BCUT2D eigenvalue weighted by atomic mass is 19.1. The van der Waals surface area contributed by atoms with Gasteiger partial charge in [0.15, 0.2) is 0 Å². The number of hydrogen-bond donors (Lipinski definition) is 0. The summed E-state index contributed by atoms with van der Waals surface area (Å²) in [5, 5.41) is 0. The Morgan fingerprint density at radius 2 is 1.62 bits per heavy atom. The Hall–Kier alpha value is -3.26. The smallest absolute Gasteiger partial charge is 0.130 e. The Balaban J connectivity index is 2.24. The summed E-state index contributed by atoms with van der Waals surface area (Å²) in [6.45, 7) is 8.28. The standard InChI is InChI=1S/C30H30F2/c1-5-8-23-11-13-24(14-12-23)28(17-15-25-9-6-7-10-30(25)32)29(19-21(2)3)27-18-16-26(31)20-22(27)4/h5-18,20-21H,19H2,1-4H3/b8-5+,17-15+,29-28-. The Labute approximate surface area is 190 Å². The molecular formula is C30H30F2. The number of allylic oxidation sites excluding steroid dienone is 4. The first kappa shape index (κ1) is 23.4. The van der Waals surface area contributed by atoms with Crippen molar-refractivity contribution in [1.29, 1.82) is 0 Å². The quantitative estimate of drug-likeness (QED) is 0.260. The Morgan fingerprint density at radius 1 is 0.906 bits per heavy atom. The summed E-state index contributed by atoms with van der Waals surface area (Å²) in [4.78, 5) is 0. The summed E-state index contributed by atoms with van der Waals surface area (Å²) in [6.07, 6.45) is 8.70. The number of rotatable bonds is 7. The minimum atomic E-state index is -0.255. The average molecular weight is 429 g/mol. The monoisotopic (exact) mass is 428 g/mol. The van der Waals surface area contributed by atoms with Gasteiger partial charge in [-0.25, -0.2) is 8.78 Å². The molecule has 0 fully saturated rings. The Kier molecular flexibility index (Phi) is 7.94. The lowest BCUT2D eigenvalue weighted by atomic mass is 9.86. The van der Waals surface area contributed by atoms with Crippen molar-refractivity contribution in [3.63, 3.8) is 0 Å². The lowest BCUT2D eigenvalue weighted by Crippen LogP contribution is -1.99. The van der Waals surface area contributed by atoms with Gasteiger partial charge in [0.25, 0.3) is 0 Å². The number of benzene rings is 3. The zero-order chi connectivity index (χ0) is 23.1. The molecule has 0 nitrogen and oxygen atoms in total. The van der Waals surface area contributed by atoms with Gasteiger partial charge in [-0.05, 0) is 77.8 Å². The van der Waals surface area contributed by atoms with Gasteiger partial charge < -0.3 is 0 Å². The van der Waals surface area contributed by atoms with Crippen LogP contribution in [0.3, 0.4) is 0 Å². The molecule has 164 valence electrons. The highest BCUT2D eigenvalue weighted by molar-refractivity contribution is 5.98. The second kappa shape index (κ2) is 10.9. The molecule has 0 radical (unpaired) electrons. The molecule has 32 heavy (non-hydrogen) atoms. The molecule has 0 aliphatic heterocycles. The van der Waals surface area contributed by atoms with Crippen molar-refractivity contribution in [1.82, 2.24) is 0 Å². The molecule has 0 spiro atoms. The van der Waals surface area contributed by atoms with Crippen molar-refractivity contribution in [2.75, 3.05) is 0 Å². The third kappa shape index (κ3) is 5.91. The van der Waals surface area contributed by atoms with E-state index < -0.39 is 0 Å². The van der Waals surface area contributed by atoms with E-state index in [4.69, 9.17) is 0 Å². The molecule has 0 bridgehead atoms. The minimum absolute atomic E-state index is 0.241. The van der Waals surface area contributed by atoms with Gasteiger partial charge in [0.2, 0.25) is 0 Å². The van der Waals surface area contributed by atoms with Gasteiger partial charge in [-0.2, -0.15) is 0 Å². The molecule has 0 heterocycles. The van der Waals surface area contributed by atoms with Crippen LogP contribution in [0.1, 0.15) is 55.0 Å². The highest BCUT2D eigenvalue weighted by Gasteiger charge is 2.14. The van der Waals surface area contributed by atoms with Crippen LogP contribution in [0.5, 0.6) is 0 Å². The van der Waals surface area contributed by atoms with E-state index in [1.807, 2.05) is 44.2 Å². The largest absolute Gasteiger partial charge is 0.207 e. The third-order valence-corrected chi connectivity index (χ3v) is 5.37. The molecule has 0 aliphatic rings. The van der Waals surface area contributed by atoms with Gasteiger partial charge in [0, 0.05) is 5.56 Å². The number of halogens is 2. The van der Waals surface area contributed by atoms with E-state index >= 15 is 0 Å². The van der Waals surface area contributed by atoms with Crippen LogP contribution in [-0.2, 0) is 0 Å². The molecule has 0 saturated heterocycles. The molecule has 2 heteroatoms. The van der Waals surface area contributed by atoms with E-state index in [2.05, 4.69) is 44.2 Å². The first-order valence-electron chi connectivity index (χ1n) is 11.0. The number of aryl methyl sites for hydroxylation is 1. The summed E-state index contributed by atoms with van der Waals surface area (Å²) >= 11 is 0.